The lowest BCUT2D eigenvalue weighted by Crippen LogP contribution is -2.07. The molecule has 0 aliphatic rings. The zero-order chi connectivity index (χ0) is 12.3. The molecular weight excluding hydrogens is 254 g/mol. The minimum atomic E-state index is -3.14. The molecule has 0 atom stereocenters. The van der Waals surface area contributed by atoms with Crippen molar-refractivity contribution in [1.82, 2.24) is 0 Å². The van der Waals surface area contributed by atoms with E-state index in [1.54, 1.807) is 0 Å². The van der Waals surface area contributed by atoms with E-state index < -0.39 is 24.7 Å². The smallest absolute Gasteiger partial charge is 0.387 e. The van der Waals surface area contributed by atoms with Gasteiger partial charge in [0.25, 0.3) is 0 Å². The Morgan fingerprint density at radius 3 is 2.12 bits per heavy atom. The quantitative estimate of drug-likeness (QED) is 0.667. The number of hydrogen-bond acceptors (Lipinski definition) is 3. The molecule has 16 heavy (non-hydrogen) atoms. The van der Waals surface area contributed by atoms with E-state index in [0.717, 1.165) is 12.1 Å². The molecule has 1 aromatic rings. The second-order valence-electron chi connectivity index (χ2n) is 2.57. The number of rotatable bonds is 4. The van der Waals surface area contributed by atoms with Crippen LogP contribution in [-0.2, 0) is 0 Å². The maximum atomic E-state index is 11.9. The van der Waals surface area contributed by atoms with E-state index in [-0.39, 0.29) is 10.7 Å². The summed E-state index contributed by atoms with van der Waals surface area (Å²) in [7, 11) is 0. The van der Waals surface area contributed by atoms with Gasteiger partial charge < -0.3 is 15.2 Å². The normalized spacial score (nSPS) is 10.9. The SMILES string of the molecule is Nc1c(Cl)cc(OC(F)F)cc1OC(F)F. The number of ether oxygens (including phenoxy) is 2. The Balaban J connectivity index is 3.01. The van der Waals surface area contributed by atoms with Gasteiger partial charge in [-0.1, -0.05) is 11.6 Å². The molecule has 3 nitrogen and oxygen atoms in total. The summed E-state index contributed by atoms with van der Waals surface area (Å²) < 4.78 is 55.5. The third-order valence-electron chi connectivity index (χ3n) is 1.51. The highest BCUT2D eigenvalue weighted by Crippen LogP contribution is 2.35. The van der Waals surface area contributed by atoms with Crippen LogP contribution in [0.15, 0.2) is 12.1 Å². The van der Waals surface area contributed by atoms with Gasteiger partial charge in [-0.15, -0.1) is 0 Å². The van der Waals surface area contributed by atoms with Gasteiger partial charge >= 0.3 is 13.2 Å². The van der Waals surface area contributed by atoms with E-state index in [1.165, 1.54) is 0 Å². The second-order valence-corrected chi connectivity index (χ2v) is 2.98. The summed E-state index contributed by atoms with van der Waals surface area (Å²) in [6, 6.07) is 1.78. The third-order valence-corrected chi connectivity index (χ3v) is 1.82. The predicted octanol–water partition coefficient (Wildman–Crippen LogP) is 3.13. The molecule has 0 bridgehead atoms. The molecule has 0 heterocycles. The van der Waals surface area contributed by atoms with E-state index in [0.29, 0.717) is 0 Å². The maximum Gasteiger partial charge on any atom is 0.387 e. The minimum absolute atomic E-state index is 0.214. The number of benzene rings is 1. The fraction of sp³-hybridized carbons (Fsp3) is 0.250. The maximum absolute atomic E-state index is 11.9. The van der Waals surface area contributed by atoms with Crippen LogP contribution < -0.4 is 15.2 Å². The van der Waals surface area contributed by atoms with Crippen LogP contribution >= 0.6 is 11.6 Å². The standard InChI is InChI=1S/C8H6ClF4NO2/c9-4-1-3(15-7(10)11)2-5(6(4)14)16-8(12)13/h1-2,7-8H,14H2. The summed E-state index contributed by atoms with van der Waals surface area (Å²) in [5.74, 6) is -0.928. The van der Waals surface area contributed by atoms with Crippen LogP contribution in [0.25, 0.3) is 0 Å². The number of halogens is 5. The Bertz CT molecular complexity index is 375. The molecule has 0 aromatic heterocycles. The van der Waals surface area contributed by atoms with Crippen molar-refractivity contribution in [3.8, 4) is 11.5 Å². The molecule has 0 unspecified atom stereocenters. The van der Waals surface area contributed by atoms with Crippen molar-refractivity contribution >= 4 is 17.3 Å². The van der Waals surface area contributed by atoms with Crippen LogP contribution in [0.2, 0.25) is 5.02 Å². The number of nitrogens with two attached hydrogens (primary N) is 1. The fourth-order valence-corrected chi connectivity index (χ4v) is 1.13. The van der Waals surface area contributed by atoms with Gasteiger partial charge in [0.2, 0.25) is 0 Å². The largest absolute Gasteiger partial charge is 0.435 e. The van der Waals surface area contributed by atoms with Crippen LogP contribution in [0.3, 0.4) is 0 Å². The molecule has 0 saturated carbocycles. The zero-order valence-electron chi connectivity index (χ0n) is 7.59. The number of alkyl halides is 4. The average molecular weight is 260 g/mol. The molecule has 8 heteroatoms. The molecule has 90 valence electrons. The summed E-state index contributed by atoms with van der Waals surface area (Å²) in [6.45, 7) is -6.24. The zero-order valence-corrected chi connectivity index (χ0v) is 8.35. The summed E-state index contributed by atoms with van der Waals surface area (Å²) in [4.78, 5) is 0. The minimum Gasteiger partial charge on any atom is -0.435 e. The van der Waals surface area contributed by atoms with Crippen molar-refractivity contribution in [2.75, 3.05) is 5.73 Å². The second kappa shape index (κ2) is 5.11. The van der Waals surface area contributed by atoms with Crippen LogP contribution in [0.1, 0.15) is 0 Å². The summed E-state index contributed by atoms with van der Waals surface area (Å²) in [6.07, 6.45) is 0. The van der Waals surface area contributed by atoms with E-state index in [9.17, 15) is 17.6 Å². The van der Waals surface area contributed by atoms with E-state index in [1.807, 2.05) is 0 Å². The van der Waals surface area contributed by atoms with Crippen molar-refractivity contribution < 1.29 is 27.0 Å². The first-order chi connectivity index (χ1) is 7.40. The molecule has 0 aliphatic heterocycles. The van der Waals surface area contributed by atoms with Crippen molar-refractivity contribution in [2.24, 2.45) is 0 Å². The van der Waals surface area contributed by atoms with Crippen molar-refractivity contribution in [3.05, 3.63) is 17.2 Å². The third kappa shape index (κ3) is 3.34. The van der Waals surface area contributed by atoms with E-state index in [2.05, 4.69) is 9.47 Å². The Kier molecular flexibility index (Phi) is 4.05. The predicted molar refractivity (Wildman–Crippen MR) is 49.1 cm³/mol. The molecule has 0 fully saturated rings. The van der Waals surface area contributed by atoms with Gasteiger partial charge in [0.05, 0.1) is 10.7 Å². The van der Waals surface area contributed by atoms with Crippen LogP contribution in [0.5, 0.6) is 11.5 Å². The highest BCUT2D eigenvalue weighted by molar-refractivity contribution is 6.33. The molecule has 1 aromatic carbocycles. The molecule has 0 radical (unpaired) electrons. The summed E-state index contributed by atoms with van der Waals surface area (Å²) in [5, 5.41) is -0.214. The van der Waals surface area contributed by atoms with Crippen LogP contribution in [0, 0.1) is 0 Å². The Morgan fingerprint density at radius 1 is 1.06 bits per heavy atom. The number of nitrogen functional groups attached to an aromatic ring is 1. The van der Waals surface area contributed by atoms with Gasteiger partial charge in [0.15, 0.2) is 5.75 Å². The van der Waals surface area contributed by atoms with Gasteiger partial charge in [-0.3, -0.25) is 0 Å². The molecule has 0 saturated heterocycles. The highest BCUT2D eigenvalue weighted by Gasteiger charge is 2.14. The lowest BCUT2D eigenvalue weighted by molar-refractivity contribution is -0.0539. The first-order valence-electron chi connectivity index (χ1n) is 3.88. The lowest BCUT2D eigenvalue weighted by Gasteiger charge is -2.11. The molecule has 1 rings (SSSR count). The first kappa shape index (κ1) is 12.7. The number of anilines is 1. The molecule has 0 amide bonds. The lowest BCUT2D eigenvalue weighted by atomic mass is 10.3. The molecule has 0 spiro atoms. The number of hydrogen-bond donors (Lipinski definition) is 1. The molecular formula is C8H6ClF4NO2. The Hall–Kier alpha value is -1.37. The molecule has 2 N–H and O–H groups in total. The van der Waals surface area contributed by atoms with Crippen molar-refractivity contribution in [2.45, 2.75) is 13.2 Å². The van der Waals surface area contributed by atoms with Crippen molar-refractivity contribution in [3.63, 3.8) is 0 Å². The monoisotopic (exact) mass is 259 g/mol. The van der Waals surface area contributed by atoms with Crippen molar-refractivity contribution in [1.29, 1.82) is 0 Å². The molecule has 0 aliphatic carbocycles. The van der Waals surface area contributed by atoms with Gasteiger partial charge in [-0.05, 0) is 0 Å². The van der Waals surface area contributed by atoms with Gasteiger partial charge in [-0.2, -0.15) is 17.6 Å². The van der Waals surface area contributed by atoms with Gasteiger partial charge in [0, 0.05) is 12.1 Å². The van der Waals surface area contributed by atoms with Gasteiger partial charge in [0.1, 0.15) is 5.75 Å². The van der Waals surface area contributed by atoms with E-state index >= 15 is 0 Å². The Labute approximate surface area is 92.7 Å². The summed E-state index contributed by atoms with van der Waals surface area (Å²) in [5.41, 5.74) is 5.02. The summed E-state index contributed by atoms with van der Waals surface area (Å²) >= 11 is 5.51. The fourth-order valence-electron chi connectivity index (χ4n) is 0.933. The Morgan fingerprint density at radius 2 is 1.62 bits per heavy atom. The average Bonchev–Trinajstić information content (AvgIpc) is 2.11. The van der Waals surface area contributed by atoms with E-state index in [4.69, 9.17) is 17.3 Å². The first-order valence-corrected chi connectivity index (χ1v) is 4.26. The van der Waals surface area contributed by atoms with Crippen LogP contribution in [-0.4, -0.2) is 13.2 Å². The highest BCUT2D eigenvalue weighted by atomic mass is 35.5. The topological polar surface area (TPSA) is 44.5 Å². The van der Waals surface area contributed by atoms with Crippen LogP contribution in [0.4, 0.5) is 23.2 Å². The van der Waals surface area contributed by atoms with Gasteiger partial charge in [-0.25, -0.2) is 0 Å².